The van der Waals surface area contributed by atoms with Gasteiger partial charge in [-0.25, -0.2) is 9.18 Å². The van der Waals surface area contributed by atoms with Crippen molar-refractivity contribution in [2.45, 2.75) is 6.10 Å². The highest BCUT2D eigenvalue weighted by Crippen LogP contribution is 2.29. The molecule has 0 aliphatic rings. The van der Waals surface area contributed by atoms with Crippen LogP contribution in [0.5, 0.6) is 0 Å². The Morgan fingerprint density at radius 2 is 1.70 bits per heavy atom. The number of carbonyl (C=O) groups excluding carboxylic acids is 2. The first-order valence-corrected chi connectivity index (χ1v) is 9.41. The number of nitrogens with zero attached hydrogens (tertiary/aromatic N) is 1. The van der Waals surface area contributed by atoms with Gasteiger partial charge in [0.15, 0.2) is 0 Å². The number of halogens is 2. The molecule has 0 aliphatic carbocycles. The van der Waals surface area contributed by atoms with Crippen LogP contribution < -0.4 is 5.32 Å². The highest BCUT2D eigenvalue weighted by molar-refractivity contribution is 9.10. The number of rotatable bonds is 6. The van der Waals surface area contributed by atoms with Crippen LogP contribution in [0.15, 0.2) is 77.3 Å². The fourth-order valence-electron chi connectivity index (χ4n) is 2.58. The van der Waals surface area contributed by atoms with Crippen molar-refractivity contribution in [3.63, 3.8) is 0 Å². The maximum Gasteiger partial charge on any atom is 0.339 e. The Balaban J connectivity index is 1.85. The normalized spacial score (nSPS) is 11.4. The van der Waals surface area contributed by atoms with Crippen molar-refractivity contribution in [3.8, 4) is 0 Å². The summed E-state index contributed by atoms with van der Waals surface area (Å²) in [7, 11) is 0. The fourth-order valence-corrected chi connectivity index (χ4v) is 3.04. The van der Waals surface area contributed by atoms with Crippen LogP contribution in [-0.2, 0) is 9.53 Å². The maximum absolute atomic E-state index is 13.1. The molecule has 7 nitrogen and oxygen atoms in total. The number of anilines is 1. The molecular weight excluding hydrogens is 459 g/mol. The molecule has 0 saturated carbocycles. The van der Waals surface area contributed by atoms with Gasteiger partial charge in [0.25, 0.3) is 11.6 Å². The number of non-ortho nitro benzene ring substituents is 1. The Morgan fingerprint density at radius 3 is 2.30 bits per heavy atom. The maximum atomic E-state index is 13.1. The van der Waals surface area contributed by atoms with Crippen molar-refractivity contribution >= 4 is 39.2 Å². The smallest absolute Gasteiger partial charge is 0.339 e. The molecule has 3 aromatic rings. The summed E-state index contributed by atoms with van der Waals surface area (Å²) in [6, 6.07) is 16.9. The van der Waals surface area contributed by atoms with Crippen molar-refractivity contribution in [2.24, 2.45) is 0 Å². The van der Waals surface area contributed by atoms with Gasteiger partial charge in [0.05, 0.1) is 16.2 Å². The van der Waals surface area contributed by atoms with Gasteiger partial charge in [-0.2, -0.15) is 0 Å². The molecular formula is C21H14BrFN2O5. The van der Waals surface area contributed by atoms with E-state index in [4.69, 9.17) is 4.74 Å². The second-order valence-corrected chi connectivity index (χ2v) is 6.97. The number of amides is 1. The number of nitrogens with one attached hydrogen (secondary N) is 1. The summed E-state index contributed by atoms with van der Waals surface area (Å²) in [4.78, 5) is 35.7. The largest absolute Gasteiger partial charge is 0.444 e. The lowest BCUT2D eigenvalue weighted by atomic mass is 10.1. The van der Waals surface area contributed by atoms with Gasteiger partial charge in [-0.1, -0.05) is 30.3 Å². The lowest BCUT2D eigenvalue weighted by Gasteiger charge is -2.18. The number of ether oxygens (including phenoxy) is 1. The predicted molar refractivity (Wildman–Crippen MR) is 110 cm³/mol. The molecule has 3 aromatic carbocycles. The second-order valence-electron chi connectivity index (χ2n) is 6.11. The number of benzene rings is 3. The fraction of sp³-hybridized carbons (Fsp3) is 0.0476. The Hall–Kier alpha value is -3.59. The minimum absolute atomic E-state index is 0.0849. The number of nitro groups is 1. The zero-order valence-corrected chi connectivity index (χ0v) is 16.8. The van der Waals surface area contributed by atoms with Gasteiger partial charge in [0.1, 0.15) is 5.82 Å². The highest BCUT2D eigenvalue weighted by Gasteiger charge is 2.26. The van der Waals surface area contributed by atoms with Gasteiger partial charge >= 0.3 is 5.97 Å². The van der Waals surface area contributed by atoms with Crippen LogP contribution in [-0.4, -0.2) is 16.8 Å². The van der Waals surface area contributed by atoms with Crippen LogP contribution in [0.4, 0.5) is 15.8 Å². The summed E-state index contributed by atoms with van der Waals surface area (Å²) in [5, 5.41) is 13.5. The van der Waals surface area contributed by atoms with Gasteiger partial charge in [0.2, 0.25) is 6.10 Å². The second kappa shape index (κ2) is 9.27. The number of hydrogen-bond donors (Lipinski definition) is 1. The molecule has 0 fully saturated rings. The minimum atomic E-state index is -1.30. The van der Waals surface area contributed by atoms with Crippen LogP contribution in [0, 0.1) is 15.9 Å². The zero-order chi connectivity index (χ0) is 21.7. The van der Waals surface area contributed by atoms with E-state index in [0.29, 0.717) is 10.0 Å². The molecule has 0 radical (unpaired) electrons. The quantitative estimate of drug-likeness (QED) is 0.308. The average Bonchev–Trinajstić information content (AvgIpc) is 2.74. The summed E-state index contributed by atoms with van der Waals surface area (Å²) in [6.45, 7) is 0. The topological polar surface area (TPSA) is 98.5 Å². The van der Waals surface area contributed by atoms with E-state index in [-0.39, 0.29) is 16.9 Å². The first kappa shape index (κ1) is 21.1. The molecule has 0 aliphatic heterocycles. The monoisotopic (exact) mass is 472 g/mol. The molecule has 0 aromatic heterocycles. The molecule has 1 N–H and O–H groups in total. The third-order valence-corrected chi connectivity index (χ3v) is 4.72. The molecule has 1 amide bonds. The van der Waals surface area contributed by atoms with E-state index in [1.54, 1.807) is 30.3 Å². The Bertz CT molecular complexity index is 1090. The summed E-state index contributed by atoms with van der Waals surface area (Å²) in [5.41, 5.74) is 0.622. The number of esters is 1. The van der Waals surface area contributed by atoms with Gasteiger partial charge < -0.3 is 10.1 Å². The zero-order valence-electron chi connectivity index (χ0n) is 15.2. The first-order chi connectivity index (χ1) is 14.3. The van der Waals surface area contributed by atoms with Crippen molar-refractivity contribution < 1.29 is 23.6 Å². The van der Waals surface area contributed by atoms with Crippen LogP contribution in [0.25, 0.3) is 0 Å². The van der Waals surface area contributed by atoms with Gasteiger partial charge in [-0.05, 0) is 46.3 Å². The molecule has 0 bridgehead atoms. The molecule has 152 valence electrons. The number of carbonyl (C=O) groups is 2. The standard InChI is InChI=1S/C21H14BrFN2O5/c22-17-12-16(25(28)29)10-11-18(17)24-20(26)19(13-4-2-1-3-5-13)30-21(27)14-6-8-15(23)9-7-14/h1-12,19H,(H,24,26). The van der Waals surface area contributed by atoms with E-state index >= 15 is 0 Å². The molecule has 1 atom stereocenters. The molecule has 0 heterocycles. The van der Waals surface area contributed by atoms with E-state index in [1.165, 1.54) is 30.3 Å². The predicted octanol–water partition coefficient (Wildman–Crippen LogP) is 5.03. The number of nitro benzene ring substituents is 1. The average molecular weight is 473 g/mol. The summed E-state index contributed by atoms with van der Waals surface area (Å²) in [6.07, 6.45) is -1.30. The molecule has 0 spiro atoms. The summed E-state index contributed by atoms with van der Waals surface area (Å²) >= 11 is 3.18. The van der Waals surface area contributed by atoms with Crippen LogP contribution in [0.3, 0.4) is 0 Å². The van der Waals surface area contributed by atoms with Crippen molar-refractivity contribution in [1.29, 1.82) is 0 Å². The van der Waals surface area contributed by atoms with Gasteiger partial charge in [-0.15, -0.1) is 0 Å². The van der Waals surface area contributed by atoms with Gasteiger partial charge in [0, 0.05) is 22.2 Å². The molecule has 0 saturated heterocycles. The first-order valence-electron chi connectivity index (χ1n) is 8.61. The summed E-state index contributed by atoms with van der Waals surface area (Å²) in [5.74, 6) is -1.97. The highest BCUT2D eigenvalue weighted by atomic mass is 79.9. The Morgan fingerprint density at radius 1 is 1.03 bits per heavy atom. The molecule has 3 rings (SSSR count). The van der Waals surface area contributed by atoms with Crippen LogP contribution >= 0.6 is 15.9 Å². The van der Waals surface area contributed by atoms with E-state index in [0.717, 1.165) is 12.1 Å². The van der Waals surface area contributed by atoms with Crippen molar-refractivity contribution in [1.82, 2.24) is 0 Å². The van der Waals surface area contributed by atoms with Crippen molar-refractivity contribution in [2.75, 3.05) is 5.32 Å². The third-order valence-electron chi connectivity index (χ3n) is 4.07. The summed E-state index contributed by atoms with van der Waals surface area (Å²) < 4.78 is 18.8. The minimum Gasteiger partial charge on any atom is -0.444 e. The lowest BCUT2D eigenvalue weighted by Crippen LogP contribution is -2.26. The van der Waals surface area contributed by atoms with Crippen LogP contribution in [0.2, 0.25) is 0 Å². The Labute approximate surface area is 178 Å². The number of hydrogen-bond acceptors (Lipinski definition) is 5. The SMILES string of the molecule is O=C(OC(C(=O)Nc1ccc([N+](=O)[O-])cc1Br)c1ccccc1)c1ccc(F)cc1. The Kier molecular flexibility index (Phi) is 6.53. The van der Waals surface area contributed by atoms with E-state index in [1.807, 2.05) is 0 Å². The van der Waals surface area contributed by atoms with Crippen LogP contribution in [0.1, 0.15) is 22.0 Å². The van der Waals surface area contributed by atoms with Crippen molar-refractivity contribution in [3.05, 3.63) is 104 Å². The van der Waals surface area contributed by atoms with E-state index < -0.39 is 28.7 Å². The molecule has 9 heteroatoms. The van der Waals surface area contributed by atoms with Gasteiger partial charge in [-0.3, -0.25) is 14.9 Å². The molecule has 1 unspecified atom stereocenters. The lowest BCUT2D eigenvalue weighted by molar-refractivity contribution is -0.384. The van der Waals surface area contributed by atoms with E-state index in [2.05, 4.69) is 21.2 Å². The van der Waals surface area contributed by atoms with E-state index in [9.17, 15) is 24.1 Å². The third kappa shape index (κ3) is 5.06. The molecule has 30 heavy (non-hydrogen) atoms.